The molecule has 0 saturated carbocycles. The largest absolute Gasteiger partial charge is 0.507 e. The number of anilines is 1. The molecule has 1 unspecified atom stereocenters. The van der Waals surface area contributed by atoms with E-state index in [2.05, 4.69) is 17.1 Å². The van der Waals surface area contributed by atoms with E-state index in [4.69, 9.17) is 21.1 Å². The number of rotatable bonds is 13. The van der Waals surface area contributed by atoms with E-state index in [-0.39, 0.29) is 16.5 Å². The third-order valence-electron chi connectivity index (χ3n) is 6.90. The first-order valence-corrected chi connectivity index (χ1v) is 16.6. The lowest BCUT2D eigenvalue weighted by molar-refractivity contribution is -0.132. The van der Waals surface area contributed by atoms with Gasteiger partial charge in [0.1, 0.15) is 17.3 Å². The van der Waals surface area contributed by atoms with Gasteiger partial charge in [0.25, 0.3) is 5.78 Å². The van der Waals surface area contributed by atoms with Crippen LogP contribution in [0.2, 0.25) is 5.02 Å². The Hall–Kier alpha value is -3.86. The Morgan fingerprint density at radius 3 is 2.48 bits per heavy atom. The first kappa shape index (κ1) is 31.6. The molecular weight excluding hydrogens is 618 g/mol. The molecule has 4 aromatic rings. The average molecular weight is 650 g/mol. The molecule has 1 saturated heterocycles. The fourth-order valence-corrected chi connectivity index (χ4v) is 6.80. The number of Topliss-reactive ketones (excluding diaryl/α,β-unsaturated/α-hetero) is 1. The normalized spacial score (nSPS) is 16.0. The summed E-state index contributed by atoms with van der Waals surface area (Å²) < 4.78 is 12.2. The van der Waals surface area contributed by atoms with Crippen LogP contribution in [0.1, 0.15) is 55.8 Å². The molecule has 11 heteroatoms. The molecule has 5 rings (SSSR count). The number of halogens is 1. The van der Waals surface area contributed by atoms with Crippen molar-refractivity contribution in [3.05, 3.63) is 100 Å². The van der Waals surface area contributed by atoms with Gasteiger partial charge in [0.2, 0.25) is 5.13 Å². The molecule has 1 atom stereocenters. The molecule has 0 spiro atoms. The predicted octanol–water partition coefficient (Wildman–Crippen LogP) is 8.08. The van der Waals surface area contributed by atoms with Crippen molar-refractivity contribution < 1.29 is 24.2 Å². The fraction of sp³-hybridized carbons (Fsp3) is 0.273. The molecule has 1 N–H and O–H groups in total. The van der Waals surface area contributed by atoms with Gasteiger partial charge in [-0.15, -0.1) is 10.2 Å². The maximum Gasteiger partial charge on any atom is 0.301 e. The summed E-state index contributed by atoms with van der Waals surface area (Å²) in [7, 11) is 0. The minimum absolute atomic E-state index is 0.0385. The van der Waals surface area contributed by atoms with E-state index < -0.39 is 17.7 Å². The van der Waals surface area contributed by atoms with Crippen LogP contribution in [-0.2, 0) is 15.3 Å². The fourth-order valence-electron chi connectivity index (χ4n) is 4.65. The van der Waals surface area contributed by atoms with Gasteiger partial charge in [0.05, 0.1) is 24.8 Å². The lowest BCUT2D eigenvalue weighted by Gasteiger charge is -2.23. The molecule has 8 nitrogen and oxygen atoms in total. The molecule has 1 aliphatic heterocycles. The molecule has 228 valence electrons. The molecule has 1 aromatic heterocycles. The van der Waals surface area contributed by atoms with E-state index in [1.54, 1.807) is 36.4 Å². The number of hydrogen-bond donors (Lipinski definition) is 1. The van der Waals surface area contributed by atoms with Crippen molar-refractivity contribution in [2.75, 3.05) is 18.1 Å². The Labute approximate surface area is 269 Å². The number of ketones is 1. The smallest absolute Gasteiger partial charge is 0.301 e. The van der Waals surface area contributed by atoms with E-state index in [9.17, 15) is 14.7 Å². The molecule has 1 fully saturated rings. The monoisotopic (exact) mass is 649 g/mol. The number of benzene rings is 3. The van der Waals surface area contributed by atoms with Crippen LogP contribution < -0.4 is 14.4 Å². The summed E-state index contributed by atoms with van der Waals surface area (Å²) in [5, 5.41) is 21.0. The van der Waals surface area contributed by atoms with E-state index >= 15 is 0 Å². The highest BCUT2D eigenvalue weighted by Crippen LogP contribution is 2.44. The number of nitrogens with zero attached hydrogens (tertiary/aromatic N) is 3. The zero-order valence-corrected chi connectivity index (χ0v) is 26.8. The number of aliphatic hydroxyl groups is 1. The van der Waals surface area contributed by atoms with Crippen LogP contribution in [0.25, 0.3) is 5.76 Å². The second kappa shape index (κ2) is 14.7. The highest BCUT2D eigenvalue weighted by atomic mass is 35.5. The molecule has 1 aliphatic rings. The van der Waals surface area contributed by atoms with Gasteiger partial charge in [-0.25, -0.2) is 0 Å². The molecule has 3 aromatic carbocycles. The Kier molecular flexibility index (Phi) is 10.6. The lowest BCUT2D eigenvalue weighted by Crippen LogP contribution is -2.29. The number of ether oxygens (including phenoxy) is 2. The number of carbonyl (C=O) groups is 2. The number of unbranched alkanes of at least 4 members (excludes halogenated alkanes) is 1. The van der Waals surface area contributed by atoms with Crippen LogP contribution in [0.15, 0.2) is 82.7 Å². The Bertz CT molecular complexity index is 1660. The minimum atomic E-state index is -0.949. The SMILES string of the molecule is CCCCOc1cccc(C2C(=C(O)c3ccc(OCCC)cc3)C(=O)C(=O)N2c2nnc(SCc3ccccc3Cl)s2)c1. The quantitative estimate of drug-likeness (QED) is 0.0387. The van der Waals surface area contributed by atoms with E-state index in [0.717, 1.165) is 24.8 Å². The molecule has 44 heavy (non-hydrogen) atoms. The second-order valence-electron chi connectivity index (χ2n) is 10.0. The van der Waals surface area contributed by atoms with Crippen molar-refractivity contribution in [2.24, 2.45) is 0 Å². The molecule has 0 aliphatic carbocycles. The zero-order chi connectivity index (χ0) is 31.1. The van der Waals surface area contributed by atoms with Crippen LogP contribution >= 0.6 is 34.7 Å². The summed E-state index contributed by atoms with van der Waals surface area (Å²) in [5.74, 6) is -0.0774. The first-order valence-electron chi connectivity index (χ1n) is 14.4. The summed E-state index contributed by atoms with van der Waals surface area (Å²) >= 11 is 8.95. The number of aromatic nitrogens is 2. The number of aliphatic hydroxyl groups excluding tert-OH is 1. The van der Waals surface area contributed by atoms with Crippen LogP contribution in [0.4, 0.5) is 5.13 Å². The molecular formula is C33H32ClN3O5S2. The second-order valence-corrected chi connectivity index (χ2v) is 12.6. The number of thioether (sulfide) groups is 1. The highest BCUT2D eigenvalue weighted by molar-refractivity contribution is 8.00. The summed E-state index contributed by atoms with van der Waals surface area (Å²) in [6.07, 6.45) is 2.73. The van der Waals surface area contributed by atoms with Crippen LogP contribution in [-0.4, -0.2) is 40.2 Å². The van der Waals surface area contributed by atoms with Gasteiger partial charge < -0.3 is 14.6 Å². The van der Waals surface area contributed by atoms with Gasteiger partial charge in [-0.05, 0) is 66.4 Å². The summed E-state index contributed by atoms with van der Waals surface area (Å²) in [4.78, 5) is 28.6. The summed E-state index contributed by atoms with van der Waals surface area (Å²) in [6, 6.07) is 20.6. The third kappa shape index (κ3) is 7.09. The van der Waals surface area contributed by atoms with Crippen LogP contribution in [0, 0.1) is 0 Å². The maximum absolute atomic E-state index is 13.6. The van der Waals surface area contributed by atoms with Gasteiger partial charge in [-0.3, -0.25) is 14.5 Å². The topological polar surface area (TPSA) is 102 Å². The van der Waals surface area contributed by atoms with Gasteiger partial charge in [0, 0.05) is 16.3 Å². The summed E-state index contributed by atoms with van der Waals surface area (Å²) in [5.41, 5.74) is 1.90. The van der Waals surface area contributed by atoms with E-state index in [1.807, 2.05) is 43.3 Å². The van der Waals surface area contributed by atoms with E-state index in [0.29, 0.717) is 51.0 Å². The van der Waals surface area contributed by atoms with Crippen molar-refractivity contribution in [3.63, 3.8) is 0 Å². The minimum Gasteiger partial charge on any atom is -0.507 e. The number of hydrogen-bond acceptors (Lipinski definition) is 9. The molecule has 0 radical (unpaired) electrons. The Morgan fingerprint density at radius 2 is 1.73 bits per heavy atom. The molecule has 0 bridgehead atoms. The maximum atomic E-state index is 13.6. The average Bonchev–Trinajstić information content (AvgIpc) is 3.61. The highest BCUT2D eigenvalue weighted by Gasteiger charge is 2.48. The first-order chi connectivity index (χ1) is 21.4. The number of amides is 1. The van der Waals surface area contributed by atoms with Crippen molar-refractivity contribution in [1.82, 2.24) is 10.2 Å². The molecule has 1 amide bonds. The van der Waals surface area contributed by atoms with Gasteiger partial charge >= 0.3 is 5.91 Å². The molecule has 2 heterocycles. The third-order valence-corrected chi connectivity index (χ3v) is 9.37. The Balaban J connectivity index is 1.52. The van der Waals surface area contributed by atoms with Gasteiger partial charge in [0.15, 0.2) is 4.34 Å². The van der Waals surface area contributed by atoms with E-state index in [1.165, 1.54) is 28.0 Å². The van der Waals surface area contributed by atoms with Gasteiger partial charge in [-0.2, -0.15) is 0 Å². The van der Waals surface area contributed by atoms with Crippen molar-refractivity contribution in [3.8, 4) is 11.5 Å². The zero-order valence-electron chi connectivity index (χ0n) is 24.4. The number of carbonyl (C=O) groups excluding carboxylic acids is 2. The predicted molar refractivity (Wildman–Crippen MR) is 175 cm³/mol. The Morgan fingerprint density at radius 1 is 0.955 bits per heavy atom. The lowest BCUT2D eigenvalue weighted by atomic mass is 9.95. The van der Waals surface area contributed by atoms with Gasteiger partial charge in [-0.1, -0.05) is 85.3 Å². The van der Waals surface area contributed by atoms with Crippen molar-refractivity contribution in [2.45, 2.75) is 49.2 Å². The van der Waals surface area contributed by atoms with Crippen molar-refractivity contribution in [1.29, 1.82) is 0 Å². The van der Waals surface area contributed by atoms with Crippen LogP contribution in [0.5, 0.6) is 11.5 Å². The standard InChI is InChI=1S/C33H32ClN3O5S2/c1-3-5-18-42-25-11-8-10-22(19-25)28-27(29(38)21-13-15-24(16-14-21)41-17-4-2)30(39)31(40)37(28)32-35-36-33(44-32)43-20-23-9-6-7-12-26(23)34/h6-16,19,28,38H,3-5,17-18,20H2,1-2H3. The van der Waals surface area contributed by atoms with Crippen LogP contribution in [0.3, 0.4) is 0 Å². The summed E-state index contributed by atoms with van der Waals surface area (Å²) in [6.45, 7) is 5.20. The van der Waals surface area contributed by atoms with Crippen molar-refractivity contribution >= 4 is 57.3 Å².